The van der Waals surface area contributed by atoms with E-state index >= 15 is 0 Å². The Hall–Kier alpha value is -1.40. The smallest absolute Gasteiger partial charge is 0.118 e. The third-order valence-corrected chi connectivity index (χ3v) is 5.04. The molecule has 1 aliphatic rings. The van der Waals surface area contributed by atoms with Crippen molar-refractivity contribution in [3.05, 3.63) is 42.5 Å². The SMILES string of the molecule is C=CC[C@H]1O[C@@H]([C@@H](O)CO)[C@H](C)[C@@H](OCc2ccc(OC)cc2)[C@H]1C. The Morgan fingerprint density at radius 3 is 2.48 bits per heavy atom. The molecular formula is C20H30O5. The fourth-order valence-corrected chi connectivity index (χ4v) is 3.52. The van der Waals surface area contributed by atoms with Crippen LogP contribution in [0.1, 0.15) is 25.8 Å². The van der Waals surface area contributed by atoms with E-state index in [0.717, 1.165) is 11.3 Å². The van der Waals surface area contributed by atoms with Crippen LogP contribution in [0.4, 0.5) is 0 Å². The summed E-state index contributed by atoms with van der Waals surface area (Å²) in [6.45, 7) is 8.05. The molecule has 2 rings (SSSR count). The first kappa shape index (κ1) is 19.9. The molecule has 6 atom stereocenters. The summed E-state index contributed by atoms with van der Waals surface area (Å²) in [4.78, 5) is 0. The van der Waals surface area contributed by atoms with E-state index in [1.54, 1.807) is 7.11 Å². The highest BCUT2D eigenvalue weighted by Gasteiger charge is 2.44. The third kappa shape index (κ3) is 4.82. The van der Waals surface area contributed by atoms with Crippen LogP contribution < -0.4 is 4.74 Å². The molecule has 1 aliphatic heterocycles. The van der Waals surface area contributed by atoms with Gasteiger partial charge in [-0.1, -0.05) is 32.1 Å². The topological polar surface area (TPSA) is 68.2 Å². The highest BCUT2D eigenvalue weighted by molar-refractivity contribution is 5.26. The lowest BCUT2D eigenvalue weighted by Gasteiger charge is -2.46. The fourth-order valence-electron chi connectivity index (χ4n) is 3.52. The van der Waals surface area contributed by atoms with Crippen LogP contribution in [-0.4, -0.2) is 48.3 Å². The molecule has 0 unspecified atom stereocenters. The van der Waals surface area contributed by atoms with E-state index in [1.165, 1.54) is 0 Å². The van der Waals surface area contributed by atoms with Crippen LogP contribution in [0.2, 0.25) is 0 Å². The molecule has 25 heavy (non-hydrogen) atoms. The van der Waals surface area contributed by atoms with Crippen molar-refractivity contribution in [1.82, 2.24) is 0 Å². The average Bonchev–Trinajstić information content (AvgIpc) is 2.63. The molecule has 1 heterocycles. The molecule has 0 aliphatic carbocycles. The lowest BCUT2D eigenvalue weighted by molar-refractivity contribution is -0.212. The van der Waals surface area contributed by atoms with Gasteiger partial charge in [0.05, 0.1) is 38.6 Å². The van der Waals surface area contributed by atoms with Crippen molar-refractivity contribution in [2.24, 2.45) is 11.8 Å². The number of benzene rings is 1. The number of hydrogen-bond acceptors (Lipinski definition) is 5. The molecule has 2 N–H and O–H groups in total. The Balaban J connectivity index is 2.09. The molecule has 1 aromatic rings. The number of aliphatic hydroxyl groups excluding tert-OH is 2. The second kappa shape index (κ2) is 9.34. The first-order chi connectivity index (χ1) is 12.0. The van der Waals surface area contributed by atoms with Gasteiger partial charge in [-0.05, 0) is 24.1 Å². The van der Waals surface area contributed by atoms with Crippen LogP contribution in [-0.2, 0) is 16.1 Å². The summed E-state index contributed by atoms with van der Waals surface area (Å²) in [7, 11) is 1.64. The molecule has 1 aromatic carbocycles. The zero-order chi connectivity index (χ0) is 18.4. The Kier molecular flexibility index (Phi) is 7.44. The van der Waals surface area contributed by atoms with E-state index in [-0.39, 0.29) is 30.7 Å². The van der Waals surface area contributed by atoms with E-state index in [9.17, 15) is 10.2 Å². The molecule has 1 saturated heterocycles. The maximum absolute atomic E-state index is 10.1. The fraction of sp³-hybridized carbons (Fsp3) is 0.600. The molecule has 1 fully saturated rings. The quantitative estimate of drug-likeness (QED) is 0.705. The van der Waals surface area contributed by atoms with Crippen molar-refractivity contribution in [1.29, 1.82) is 0 Å². The predicted molar refractivity (Wildman–Crippen MR) is 96.5 cm³/mol. The number of ether oxygens (including phenoxy) is 3. The van der Waals surface area contributed by atoms with E-state index in [0.29, 0.717) is 13.0 Å². The van der Waals surface area contributed by atoms with Gasteiger partial charge >= 0.3 is 0 Å². The van der Waals surface area contributed by atoms with E-state index in [1.807, 2.05) is 37.3 Å². The van der Waals surface area contributed by atoms with Gasteiger partial charge in [-0.25, -0.2) is 0 Å². The maximum atomic E-state index is 10.1. The van der Waals surface area contributed by atoms with E-state index < -0.39 is 12.2 Å². The molecule has 5 heteroatoms. The van der Waals surface area contributed by atoms with Gasteiger partial charge in [-0.2, -0.15) is 0 Å². The van der Waals surface area contributed by atoms with Crippen LogP contribution in [0.5, 0.6) is 5.75 Å². The second-order valence-electron chi connectivity index (χ2n) is 6.76. The van der Waals surface area contributed by atoms with Crippen molar-refractivity contribution in [2.45, 2.75) is 51.3 Å². The van der Waals surface area contributed by atoms with Crippen LogP contribution in [0.15, 0.2) is 36.9 Å². The molecule has 0 amide bonds. The highest BCUT2D eigenvalue weighted by Crippen LogP contribution is 2.35. The Labute approximate surface area is 150 Å². The number of hydrogen-bond donors (Lipinski definition) is 2. The zero-order valence-corrected chi connectivity index (χ0v) is 15.3. The van der Waals surface area contributed by atoms with Gasteiger partial charge in [0.1, 0.15) is 11.9 Å². The summed E-state index contributed by atoms with van der Waals surface area (Å²) < 4.78 is 17.4. The molecular weight excluding hydrogens is 320 g/mol. The summed E-state index contributed by atoms with van der Waals surface area (Å²) in [5.41, 5.74) is 1.06. The monoisotopic (exact) mass is 350 g/mol. The van der Waals surface area contributed by atoms with Crippen LogP contribution in [0, 0.1) is 11.8 Å². The lowest BCUT2D eigenvalue weighted by Crippen LogP contribution is -2.54. The normalized spacial score (nSPS) is 30.7. The van der Waals surface area contributed by atoms with Crippen molar-refractivity contribution in [3.63, 3.8) is 0 Å². The Bertz CT molecular complexity index is 529. The van der Waals surface area contributed by atoms with Crippen molar-refractivity contribution in [3.8, 4) is 5.75 Å². The summed E-state index contributed by atoms with van der Waals surface area (Å²) in [5.74, 6) is 0.943. The Morgan fingerprint density at radius 1 is 1.24 bits per heavy atom. The second-order valence-corrected chi connectivity index (χ2v) is 6.76. The van der Waals surface area contributed by atoms with Gasteiger partial charge in [-0.3, -0.25) is 0 Å². The lowest BCUT2D eigenvalue weighted by atomic mass is 9.80. The predicted octanol–water partition coefficient (Wildman–Crippen LogP) is 2.55. The van der Waals surface area contributed by atoms with Gasteiger partial charge in [0, 0.05) is 11.8 Å². The first-order valence-electron chi connectivity index (χ1n) is 8.81. The minimum Gasteiger partial charge on any atom is -0.497 e. The van der Waals surface area contributed by atoms with Crippen LogP contribution >= 0.6 is 0 Å². The third-order valence-electron chi connectivity index (χ3n) is 5.04. The molecule has 0 aromatic heterocycles. The van der Waals surface area contributed by atoms with Crippen molar-refractivity contribution in [2.75, 3.05) is 13.7 Å². The minimum absolute atomic E-state index is 0.0311. The summed E-state index contributed by atoms with van der Waals surface area (Å²) in [6.07, 6.45) is 0.979. The largest absolute Gasteiger partial charge is 0.497 e. The van der Waals surface area contributed by atoms with Gasteiger partial charge in [0.25, 0.3) is 0 Å². The summed E-state index contributed by atoms with van der Waals surface area (Å²) in [5, 5.41) is 19.4. The summed E-state index contributed by atoms with van der Waals surface area (Å²) in [6, 6.07) is 7.78. The van der Waals surface area contributed by atoms with Gasteiger partial charge in [0.2, 0.25) is 0 Å². The van der Waals surface area contributed by atoms with Gasteiger partial charge in [0.15, 0.2) is 0 Å². The molecule has 140 valence electrons. The Morgan fingerprint density at radius 2 is 1.92 bits per heavy atom. The minimum atomic E-state index is -0.915. The maximum Gasteiger partial charge on any atom is 0.118 e. The first-order valence-corrected chi connectivity index (χ1v) is 8.81. The average molecular weight is 350 g/mol. The number of methoxy groups -OCH3 is 1. The number of rotatable bonds is 8. The molecule has 5 nitrogen and oxygen atoms in total. The number of aliphatic hydroxyl groups is 2. The summed E-state index contributed by atoms with van der Waals surface area (Å²) >= 11 is 0. The van der Waals surface area contributed by atoms with Crippen LogP contribution in [0.3, 0.4) is 0 Å². The highest BCUT2D eigenvalue weighted by atomic mass is 16.5. The van der Waals surface area contributed by atoms with Crippen molar-refractivity contribution >= 4 is 0 Å². The molecule has 0 saturated carbocycles. The molecule has 0 spiro atoms. The van der Waals surface area contributed by atoms with Crippen molar-refractivity contribution < 1.29 is 24.4 Å². The standard InChI is InChI=1S/C20H30O5/c1-5-6-18-13(2)19(14(3)20(25-18)17(22)11-21)24-12-15-7-9-16(23-4)10-8-15/h5,7-10,13-14,17-22H,1,6,11-12H2,2-4H3/t13-,14+,17-,18+,19-,20+/m0/s1. The van der Waals surface area contributed by atoms with E-state index in [4.69, 9.17) is 14.2 Å². The van der Waals surface area contributed by atoms with Gasteiger partial charge < -0.3 is 24.4 Å². The molecule has 0 bridgehead atoms. The van der Waals surface area contributed by atoms with Crippen LogP contribution in [0.25, 0.3) is 0 Å². The van der Waals surface area contributed by atoms with E-state index in [2.05, 4.69) is 13.5 Å². The zero-order valence-electron chi connectivity index (χ0n) is 15.3. The van der Waals surface area contributed by atoms with Gasteiger partial charge in [-0.15, -0.1) is 6.58 Å². The molecule has 0 radical (unpaired) electrons.